The van der Waals surface area contributed by atoms with Gasteiger partial charge in [0.15, 0.2) is 5.96 Å². The Morgan fingerprint density at radius 3 is 2.76 bits per heavy atom. The molecule has 1 aromatic heterocycles. The van der Waals surface area contributed by atoms with Crippen LogP contribution in [0.4, 0.5) is 0 Å². The highest BCUT2D eigenvalue weighted by atomic mass is 127. The maximum atomic E-state index is 6.02. The lowest BCUT2D eigenvalue weighted by Gasteiger charge is -2.54. The number of aliphatic imine (C=N–C) groups is 1. The highest BCUT2D eigenvalue weighted by Crippen LogP contribution is 2.54. The first kappa shape index (κ1) is 20.9. The summed E-state index contributed by atoms with van der Waals surface area (Å²) in [5, 5.41) is 6.97. The molecule has 0 aliphatic heterocycles. The second-order valence-corrected chi connectivity index (χ2v) is 8.14. The Bertz CT molecular complexity index is 585. The van der Waals surface area contributed by atoms with E-state index in [-0.39, 0.29) is 24.0 Å². The van der Waals surface area contributed by atoms with Crippen molar-refractivity contribution in [3.63, 3.8) is 0 Å². The molecular formula is C18H31IN4OS. The molecule has 0 amide bonds. The number of hydrogen-bond acceptors (Lipinski definition) is 4. The summed E-state index contributed by atoms with van der Waals surface area (Å²) in [5.74, 6) is 0.965. The molecule has 25 heavy (non-hydrogen) atoms. The van der Waals surface area contributed by atoms with E-state index in [0.29, 0.717) is 17.6 Å². The molecule has 2 fully saturated rings. The third kappa shape index (κ3) is 4.30. The third-order valence-electron chi connectivity index (χ3n) is 5.63. The Labute approximate surface area is 172 Å². The largest absolute Gasteiger partial charge is 0.378 e. The van der Waals surface area contributed by atoms with Crippen LogP contribution in [0.25, 0.3) is 0 Å². The smallest absolute Gasteiger partial charge is 0.193 e. The third-order valence-corrected chi connectivity index (χ3v) is 6.45. The van der Waals surface area contributed by atoms with E-state index in [1.165, 1.54) is 25.7 Å². The fourth-order valence-corrected chi connectivity index (χ4v) is 4.99. The van der Waals surface area contributed by atoms with E-state index in [0.717, 1.165) is 36.2 Å². The molecule has 1 aromatic rings. The fourth-order valence-electron chi connectivity index (χ4n) is 4.39. The average molecular weight is 478 g/mol. The van der Waals surface area contributed by atoms with Crippen LogP contribution in [-0.2, 0) is 11.3 Å². The van der Waals surface area contributed by atoms with Gasteiger partial charge in [0.25, 0.3) is 0 Å². The van der Waals surface area contributed by atoms with Gasteiger partial charge in [-0.15, -0.1) is 35.3 Å². The molecule has 1 spiro atoms. The van der Waals surface area contributed by atoms with Gasteiger partial charge in [0.2, 0.25) is 0 Å². The van der Waals surface area contributed by atoms with Crippen molar-refractivity contribution in [2.24, 2.45) is 10.4 Å². The van der Waals surface area contributed by atoms with E-state index >= 15 is 0 Å². The van der Waals surface area contributed by atoms with Crippen LogP contribution < -0.4 is 5.32 Å². The van der Waals surface area contributed by atoms with E-state index < -0.39 is 0 Å². The van der Waals surface area contributed by atoms with Crippen molar-refractivity contribution in [2.45, 2.75) is 64.6 Å². The monoisotopic (exact) mass is 478 g/mol. The zero-order valence-electron chi connectivity index (χ0n) is 15.7. The molecular weight excluding hydrogens is 447 g/mol. The van der Waals surface area contributed by atoms with Crippen LogP contribution in [0.3, 0.4) is 0 Å². The normalized spacial score (nSPS) is 24.7. The fraction of sp³-hybridized carbons (Fsp3) is 0.778. The standard InChI is InChI=1S/C18H30N4OS.HI/c1-5-23-16-10-15(18(16)8-6-7-9-18)21-17(19-3)22(4)11-14-12-24-13(2)20-14;/h12,15-16H,5-11H2,1-4H3,(H,19,21);1H. The summed E-state index contributed by atoms with van der Waals surface area (Å²) < 4.78 is 6.02. The second-order valence-electron chi connectivity index (χ2n) is 7.08. The van der Waals surface area contributed by atoms with Crippen molar-refractivity contribution in [3.05, 3.63) is 16.1 Å². The number of rotatable bonds is 5. The zero-order chi connectivity index (χ0) is 17.2. The number of halogens is 1. The lowest BCUT2D eigenvalue weighted by Crippen LogP contribution is -2.65. The summed E-state index contributed by atoms with van der Waals surface area (Å²) >= 11 is 1.70. The molecule has 2 aliphatic rings. The van der Waals surface area contributed by atoms with Crippen LogP contribution in [0.5, 0.6) is 0 Å². The van der Waals surface area contributed by atoms with Crippen molar-refractivity contribution in [3.8, 4) is 0 Å². The zero-order valence-corrected chi connectivity index (χ0v) is 18.9. The summed E-state index contributed by atoms with van der Waals surface area (Å²) in [5.41, 5.74) is 1.43. The predicted octanol–water partition coefficient (Wildman–Crippen LogP) is 3.81. The molecule has 0 radical (unpaired) electrons. The van der Waals surface area contributed by atoms with Crippen LogP contribution in [0.1, 0.15) is 49.7 Å². The first-order valence-corrected chi connectivity index (χ1v) is 9.94. The minimum atomic E-state index is 0. The lowest BCUT2D eigenvalue weighted by atomic mass is 9.60. The second kappa shape index (κ2) is 8.99. The van der Waals surface area contributed by atoms with Crippen molar-refractivity contribution < 1.29 is 4.74 Å². The Hall–Kier alpha value is -0.410. The summed E-state index contributed by atoms with van der Waals surface area (Å²) in [6.45, 7) is 5.76. The van der Waals surface area contributed by atoms with Gasteiger partial charge >= 0.3 is 0 Å². The summed E-state index contributed by atoms with van der Waals surface area (Å²) in [4.78, 5) is 11.2. The molecule has 142 valence electrons. The van der Waals surface area contributed by atoms with Gasteiger partial charge in [-0.05, 0) is 33.1 Å². The number of nitrogens with one attached hydrogen (secondary N) is 1. The number of guanidine groups is 1. The van der Waals surface area contributed by atoms with Crippen molar-refractivity contribution >= 4 is 41.3 Å². The summed E-state index contributed by atoms with van der Waals surface area (Å²) in [6, 6.07) is 0.481. The number of aryl methyl sites for hydroxylation is 1. The SMILES string of the molecule is CCOC1CC(NC(=NC)N(C)Cc2csc(C)n2)C12CCCC2.I. The van der Waals surface area contributed by atoms with Crippen molar-refractivity contribution in [1.29, 1.82) is 0 Å². The molecule has 2 aliphatic carbocycles. The van der Waals surface area contributed by atoms with Gasteiger partial charge in [0.05, 0.1) is 23.4 Å². The topological polar surface area (TPSA) is 49.8 Å². The van der Waals surface area contributed by atoms with Crippen LogP contribution in [0.15, 0.2) is 10.4 Å². The Morgan fingerprint density at radius 2 is 2.20 bits per heavy atom. The van der Waals surface area contributed by atoms with Gasteiger partial charge in [-0.2, -0.15) is 0 Å². The van der Waals surface area contributed by atoms with Crippen LogP contribution >= 0.6 is 35.3 Å². The molecule has 2 atom stereocenters. The Kier molecular flexibility index (Phi) is 7.52. The average Bonchev–Trinajstić information content (AvgIpc) is 3.21. The van der Waals surface area contributed by atoms with Crippen molar-refractivity contribution in [1.82, 2.24) is 15.2 Å². The molecule has 2 saturated carbocycles. The predicted molar refractivity (Wildman–Crippen MR) is 115 cm³/mol. The van der Waals surface area contributed by atoms with Gasteiger partial charge in [0.1, 0.15) is 0 Å². The van der Waals surface area contributed by atoms with E-state index in [1.807, 2.05) is 14.0 Å². The molecule has 0 saturated heterocycles. The summed E-state index contributed by atoms with van der Waals surface area (Å²) in [6.07, 6.45) is 6.73. The Balaban J connectivity index is 0.00000225. The molecule has 2 unspecified atom stereocenters. The van der Waals surface area contributed by atoms with E-state index in [2.05, 4.69) is 39.5 Å². The molecule has 5 nitrogen and oxygen atoms in total. The number of nitrogens with zero attached hydrogens (tertiary/aromatic N) is 3. The minimum Gasteiger partial charge on any atom is -0.378 e. The number of ether oxygens (including phenoxy) is 1. The van der Waals surface area contributed by atoms with Gasteiger partial charge < -0.3 is 15.0 Å². The Morgan fingerprint density at radius 1 is 1.48 bits per heavy atom. The van der Waals surface area contributed by atoms with E-state index in [9.17, 15) is 0 Å². The highest BCUT2D eigenvalue weighted by molar-refractivity contribution is 14.0. The van der Waals surface area contributed by atoms with Gasteiger partial charge in [0, 0.05) is 37.5 Å². The van der Waals surface area contributed by atoms with Crippen LogP contribution in [0, 0.1) is 12.3 Å². The molecule has 3 rings (SSSR count). The number of aromatic nitrogens is 1. The first-order chi connectivity index (χ1) is 11.6. The van der Waals surface area contributed by atoms with Gasteiger partial charge in [-0.3, -0.25) is 4.99 Å². The quantitative estimate of drug-likeness (QED) is 0.397. The molecule has 1 heterocycles. The molecule has 0 aromatic carbocycles. The van der Waals surface area contributed by atoms with Crippen LogP contribution in [-0.4, -0.2) is 48.7 Å². The van der Waals surface area contributed by atoms with E-state index in [4.69, 9.17) is 4.74 Å². The minimum absolute atomic E-state index is 0. The molecule has 7 heteroatoms. The maximum Gasteiger partial charge on any atom is 0.193 e. The highest BCUT2D eigenvalue weighted by Gasteiger charge is 2.57. The first-order valence-electron chi connectivity index (χ1n) is 9.06. The maximum absolute atomic E-state index is 6.02. The summed E-state index contributed by atoms with van der Waals surface area (Å²) in [7, 11) is 3.95. The van der Waals surface area contributed by atoms with Gasteiger partial charge in [-0.1, -0.05) is 12.8 Å². The van der Waals surface area contributed by atoms with Crippen molar-refractivity contribution in [2.75, 3.05) is 20.7 Å². The number of thiazole rings is 1. The number of hydrogen-bond donors (Lipinski definition) is 1. The lowest BCUT2D eigenvalue weighted by molar-refractivity contribution is -0.126. The molecule has 1 N–H and O–H groups in total. The van der Waals surface area contributed by atoms with Crippen LogP contribution in [0.2, 0.25) is 0 Å². The molecule has 0 bridgehead atoms. The van der Waals surface area contributed by atoms with E-state index in [1.54, 1.807) is 11.3 Å². The van der Waals surface area contributed by atoms with Gasteiger partial charge in [-0.25, -0.2) is 4.98 Å².